The Hall–Kier alpha value is -1.27. The highest BCUT2D eigenvalue weighted by Crippen LogP contribution is 2.31. The molecule has 0 atom stereocenters. The summed E-state index contributed by atoms with van der Waals surface area (Å²) in [5, 5.41) is 9.75. The molecular weight excluding hydrogens is 340 g/mol. The molecule has 0 saturated carbocycles. The van der Waals surface area contributed by atoms with E-state index in [-0.39, 0.29) is 10.8 Å². The van der Waals surface area contributed by atoms with E-state index in [4.69, 9.17) is 0 Å². The predicted molar refractivity (Wildman–Crippen MR) is 85.0 cm³/mol. The predicted octanol–water partition coefficient (Wildman–Crippen LogP) is 3.10. The van der Waals surface area contributed by atoms with E-state index < -0.39 is 0 Å². The van der Waals surface area contributed by atoms with Crippen LogP contribution in [0.1, 0.15) is 23.3 Å². The van der Waals surface area contributed by atoms with Gasteiger partial charge in [0.2, 0.25) is 5.88 Å². The van der Waals surface area contributed by atoms with Crippen LogP contribution in [-0.4, -0.2) is 23.2 Å². The van der Waals surface area contributed by atoms with Gasteiger partial charge in [-0.2, -0.15) is 0 Å². The quantitative estimate of drug-likeness (QED) is 0.890. The Kier molecular flexibility index (Phi) is 3.85. The first-order valence-electron chi connectivity index (χ1n) is 6.58. The summed E-state index contributed by atoms with van der Waals surface area (Å²) in [5.41, 5.74) is 2.33. The number of nitrogens with zero attached hydrogens (tertiary/aromatic N) is 1. The van der Waals surface area contributed by atoms with Crippen LogP contribution >= 0.6 is 27.3 Å². The lowest BCUT2D eigenvalue weighted by molar-refractivity contribution is 0.451. The molecule has 1 saturated heterocycles. The zero-order valence-electron chi connectivity index (χ0n) is 10.9. The molecule has 6 heteroatoms. The normalized spacial score (nSPS) is 14.9. The lowest BCUT2D eigenvalue weighted by atomic mass is 10.1. The monoisotopic (exact) mass is 354 g/mol. The molecule has 0 radical (unpaired) electrons. The van der Waals surface area contributed by atoms with Gasteiger partial charge in [0.25, 0.3) is 0 Å². The molecule has 2 aromatic rings. The molecule has 1 fully saturated rings. The second-order valence-corrected chi connectivity index (χ2v) is 6.91. The van der Waals surface area contributed by atoms with Crippen molar-refractivity contribution in [1.29, 1.82) is 0 Å². The average molecular weight is 355 g/mol. The van der Waals surface area contributed by atoms with Crippen LogP contribution in [-0.2, 0) is 6.42 Å². The average Bonchev–Trinajstić information content (AvgIpc) is 3.01. The zero-order chi connectivity index (χ0) is 14.1. The van der Waals surface area contributed by atoms with Crippen molar-refractivity contribution in [3.05, 3.63) is 42.8 Å². The van der Waals surface area contributed by atoms with Crippen molar-refractivity contribution in [3.63, 3.8) is 0 Å². The Labute approximate surface area is 129 Å². The minimum Gasteiger partial charge on any atom is -0.494 e. The lowest BCUT2D eigenvalue weighted by Gasteiger charge is -2.21. The number of aromatic amines is 1. The summed E-state index contributed by atoms with van der Waals surface area (Å²) >= 11 is 4.57. The van der Waals surface area contributed by atoms with E-state index in [0.717, 1.165) is 34.5 Å². The smallest absolute Gasteiger partial charge is 0.307 e. The molecule has 2 N–H and O–H groups in total. The molecule has 1 aliphatic rings. The Morgan fingerprint density at radius 3 is 2.75 bits per heavy atom. The first-order valence-corrected chi connectivity index (χ1v) is 8.19. The van der Waals surface area contributed by atoms with Gasteiger partial charge in [-0.3, -0.25) is 9.78 Å². The molecule has 0 unspecified atom stereocenters. The van der Waals surface area contributed by atoms with Crippen molar-refractivity contribution >= 4 is 33.0 Å². The molecule has 4 nitrogen and oxygen atoms in total. The number of H-pyrrole nitrogens is 1. The van der Waals surface area contributed by atoms with Gasteiger partial charge in [0.05, 0.1) is 4.88 Å². The molecule has 1 aromatic heterocycles. The van der Waals surface area contributed by atoms with Gasteiger partial charge in [0, 0.05) is 29.7 Å². The molecule has 0 aliphatic carbocycles. The fourth-order valence-electron chi connectivity index (χ4n) is 2.61. The number of benzene rings is 1. The van der Waals surface area contributed by atoms with Gasteiger partial charge in [-0.05, 0) is 36.6 Å². The number of aromatic nitrogens is 1. The van der Waals surface area contributed by atoms with Gasteiger partial charge in [-0.1, -0.05) is 27.3 Å². The topological polar surface area (TPSA) is 56.3 Å². The maximum Gasteiger partial charge on any atom is 0.307 e. The van der Waals surface area contributed by atoms with Gasteiger partial charge in [0.1, 0.15) is 0 Å². The van der Waals surface area contributed by atoms with Crippen LogP contribution in [0, 0.1) is 0 Å². The molecule has 1 aromatic carbocycles. The minimum atomic E-state index is -0.213. The highest BCUT2D eigenvalue weighted by molar-refractivity contribution is 9.10. The number of anilines is 1. The zero-order valence-corrected chi connectivity index (χ0v) is 13.3. The molecule has 3 rings (SSSR count). The number of nitrogens with one attached hydrogen (secondary N) is 1. The fraction of sp³-hybridized carbons (Fsp3) is 0.357. The summed E-state index contributed by atoms with van der Waals surface area (Å²) in [5.74, 6) is -0.00709. The second-order valence-electron chi connectivity index (χ2n) is 4.93. The minimum absolute atomic E-state index is 0.00709. The number of hydrogen-bond acceptors (Lipinski definition) is 4. The van der Waals surface area contributed by atoms with Crippen LogP contribution in [0.25, 0.3) is 0 Å². The number of halogens is 1. The maximum absolute atomic E-state index is 11.3. The fourth-order valence-corrected chi connectivity index (χ4v) is 3.76. The van der Waals surface area contributed by atoms with Crippen molar-refractivity contribution < 1.29 is 5.11 Å². The molecule has 2 heterocycles. The van der Waals surface area contributed by atoms with Crippen molar-refractivity contribution in [2.45, 2.75) is 19.3 Å². The van der Waals surface area contributed by atoms with Crippen molar-refractivity contribution in [2.75, 3.05) is 18.0 Å². The van der Waals surface area contributed by atoms with Crippen LogP contribution in [0.3, 0.4) is 0 Å². The molecule has 0 bridgehead atoms. The van der Waals surface area contributed by atoms with E-state index >= 15 is 0 Å². The maximum atomic E-state index is 11.3. The summed E-state index contributed by atoms with van der Waals surface area (Å²) in [6, 6.07) is 6.21. The molecule has 20 heavy (non-hydrogen) atoms. The lowest BCUT2D eigenvalue weighted by Crippen LogP contribution is -2.19. The van der Waals surface area contributed by atoms with E-state index in [0.29, 0.717) is 11.3 Å². The third kappa shape index (κ3) is 2.76. The summed E-state index contributed by atoms with van der Waals surface area (Å²) in [6.45, 7) is 2.15. The van der Waals surface area contributed by atoms with Gasteiger partial charge in [-0.15, -0.1) is 0 Å². The Balaban J connectivity index is 1.96. The molecular formula is C14H15BrN2O2S. The first-order chi connectivity index (χ1) is 9.63. The third-order valence-corrected chi connectivity index (χ3v) is 4.90. The van der Waals surface area contributed by atoms with Crippen LogP contribution in [0.15, 0.2) is 27.5 Å². The third-order valence-electron chi connectivity index (χ3n) is 3.54. The van der Waals surface area contributed by atoms with Crippen LogP contribution in [0.2, 0.25) is 0 Å². The largest absolute Gasteiger partial charge is 0.494 e. The highest BCUT2D eigenvalue weighted by atomic mass is 79.9. The number of aromatic hydroxyl groups is 1. The Bertz CT molecular complexity index is 674. The van der Waals surface area contributed by atoms with Gasteiger partial charge >= 0.3 is 4.87 Å². The first kappa shape index (κ1) is 13.7. The molecule has 106 valence electrons. The van der Waals surface area contributed by atoms with Gasteiger partial charge in [-0.25, -0.2) is 0 Å². The number of rotatable bonds is 3. The number of hydrogen-bond donors (Lipinski definition) is 2. The summed E-state index contributed by atoms with van der Waals surface area (Å²) in [6.07, 6.45) is 3.01. The molecule has 0 spiro atoms. The van der Waals surface area contributed by atoms with Gasteiger partial charge in [0.15, 0.2) is 0 Å². The van der Waals surface area contributed by atoms with E-state index in [1.54, 1.807) is 0 Å². The Morgan fingerprint density at radius 2 is 2.10 bits per heavy atom. The van der Waals surface area contributed by atoms with E-state index in [1.165, 1.54) is 18.5 Å². The van der Waals surface area contributed by atoms with Crippen LogP contribution in [0.5, 0.6) is 5.88 Å². The van der Waals surface area contributed by atoms with Crippen LogP contribution < -0.4 is 9.77 Å². The van der Waals surface area contributed by atoms with Crippen LogP contribution in [0.4, 0.5) is 5.69 Å². The Morgan fingerprint density at radius 1 is 1.35 bits per heavy atom. The highest BCUT2D eigenvalue weighted by Gasteiger charge is 2.17. The summed E-state index contributed by atoms with van der Waals surface area (Å²) in [7, 11) is 0. The second kappa shape index (κ2) is 5.61. The number of thiazole rings is 1. The van der Waals surface area contributed by atoms with Crippen molar-refractivity contribution in [2.24, 2.45) is 0 Å². The van der Waals surface area contributed by atoms with Gasteiger partial charge < -0.3 is 10.0 Å². The standard InChI is InChI=1S/C14H15BrN2O2S/c15-10-3-4-11(17-5-1-2-6-17)9(7-10)8-12-13(18)16-14(19)20-12/h3-4,7,18H,1-2,5-6,8H2,(H,16,19). The molecule has 1 aliphatic heterocycles. The van der Waals surface area contributed by atoms with E-state index in [2.05, 4.69) is 37.9 Å². The van der Waals surface area contributed by atoms with Crippen molar-refractivity contribution in [1.82, 2.24) is 4.98 Å². The summed E-state index contributed by atoms with van der Waals surface area (Å²) in [4.78, 5) is 16.6. The van der Waals surface area contributed by atoms with Crippen molar-refractivity contribution in [3.8, 4) is 5.88 Å². The molecule has 0 amide bonds. The summed E-state index contributed by atoms with van der Waals surface area (Å²) < 4.78 is 1.01. The van der Waals surface area contributed by atoms with E-state index in [1.807, 2.05) is 6.07 Å². The SMILES string of the molecule is O=c1[nH]c(O)c(Cc2cc(Br)ccc2N2CCCC2)s1. The van der Waals surface area contributed by atoms with E-state index in [9.17, 15) is 9.90 Å².